The molecule has 3 aromatic heterocycles. The van der Waals surface area contributed by atoms with Gasteiger partial charge in [0.05, 0.1) is 0 Å². The number of hydrogen-bond donors (Lipinski definition) is 0. The van der Waals surface area contributed by atoms with Crippen molar-refractivity contribution in [1.82, 2.24) is 29.7 Å². The zero-order valence-corrected chi connectivity index (χ0v) is 15.9. The molecular formula is C19H23N7O2. The maximum Gasteiger partial charge on any atom is 0.275 e. The predicted molar refractivity (Wildman–Crippen MR) is 101 cm³/mol. The summed E-state index contributed by atoms with van der Waals surface area (Å²) in [6.07, 6.45) is 5.52. The highest BCUT2D eigenvalue weighted by molar-refractivity contribution is 5.92. The molecule has 0 spiro atoms. The molecular weight excluding hydrogens is 358 g/mol. The number of likely N-dealkylation sites (tertiary alicyclic amines) is 1. The molecule has 146 valence electrons. The van der Waals surface area contributed by atoms with Crippen LogP contribution in [0.1, 0.15) is 53.8 Å². The molecule has 1 amide bonds. The van der Waals surface area contributed by atoms with E-state index in [1.807, 2.05) is 21.5 Å². The smallest absolute Gasteiger partial charge is 0.275 e. The van der Waals surface area contributed by atoms with Gasteiger partial charge in [-0.1, -0.05) is 0 Å². The van der Waals surface area contributed by atoms with Crippen LogP contribution in [0.3, 0.4) is 0 Å². The topological polar surface area (TPSA) is 92.7 Å². The Bertz CT molecular complexity index is 997. The summed E-state index contributed by atoms with van der Waals surface area (Å²) in [6, 6.07) is 4.02. The van der Waals surface area contributed by atoms with Crippen LogP contribution in [-0.4, -0.2) is 61.8 Å². The molecule has 28 heavy (non-hydrogen) atoms. The van der Waals surface area contributed by atoms with Gasteiger partial charge in [-0.15, -0.1) is 15.3 Å². The number of carbonyl (C=O) groups excluding carboxylic acids is 1. The van der Waals surface area contributed by atoms with Crippen LogP contribution in [0.15, 0.2) is 22.8 Å². The maximum atomic E-state index is 12.6. The van der Waals surface area contributed by atoms with E-state index in [1.54, 1.807) is 6.92 Å². The summed E-state index contributed by atoms with van der Waals surface area (Å²) in [5, 5.41) is 13.5. The molecule has 0 N–H and O–H groups in total. The third kappa shape index (κ3) is 3.00. The molecule has 2 fully saturated rings. The zero-order chi connectivity index (χ0) is 19.1. The number of aryl methyl sites for hydroxylation is 1. The maximum absolute atomic E-state index is 12.6. The van der Waals surface area contributed by atoms with E-state index < -0.39 is 0 Å². The van der Waals surface area contributed by atoms with Crippen molar-refractivity contribution in [3.8, 4) is 0 Å². The van der Waals surface area contributed by atoms with Gasteiger partial charge in [0.2, 0.25) is 0 Å². The molecule has 9 nitrogen and oxygen atoms in total. The normalized spacial score (nSPS) is 18.3. The van der Waals surface area contributed by atoms with E-state index in [4.69, 9.17) is 9.52 Å². The fraction of sp³-hybridized carbons (Fsp3) is 0.526. The number of hydrogen-bond acceptors (Lipinski definition) is 7. The van der Waals surface area contributed by atoms with Crippen LogP contribution >= 0.6 is 0 Å². The predicted octanol–water partition coefficient (Wildman–Crippen LogP) is 2.04. The summed E-state index contributed by atoms with van der Waals surface area (Å²) in [6.45, 7) is 5.17. The number of rotatable bonds is 3. The Morgan fingerprint density at radius 2 is 1.89 bits per heavy atom. The van der Waals surface area contributed by atoms with Crippen molar-refractivity contribution < 1.29 is 9.21 Å². The van der Waals surface area contributed by atoms with E-state index in [9.17, 15) is 4.79 Å². The average molecular weight is 381 g/mol. The van der Waals surface area contributed by atoms with Crippen molar-refractivity contribution in [2.45, 2.75) is 38.5 Å². The molecule has 2 aliphatic heterocycles. The molecule has 5 rings (SSSR count). The molecule has 0 aromatic carbocycles. The Kier molecular flexibility index (Phi) is 4.22. The molecule has 0 atom stereocenters. The first-order valence-electron chi connectivity index (χ1n) is 9.88. The fourth-order valence-corrected chi connectivity index (χ4v) is 4.13. The summed E-state index contributed by atoms with van der Waals surface area (Å²) in [5.41, 5.74) is 1.15. The van der Waals surface area contributed by atoms with Crippen molar-refractivity contribution in [2.75, 3.05) is 31.1 Å². The summed E-state index contributed by atoms with van der Waals surface area (Å²) in [7, 11) is 0. The molecule has 9 heteroatoms. The summed E-state index contributed by atoms with van der Waals surface area (Å²) in [5.74, 6) is 2.55. The van der Waals surface area contributed by atoms with Gasteiger partial charge in [0.25, 0.3) is 5.91 Å². The van der Waals surface area contributed by atoms with Gasteiger partial charge in [-0.05, 0) is 37.8 Å². The van der Waals surface area contributed by atoms with E-state index in [0.717, 1.165) is 43.2 Å². The van der Waals surface area contributed by atoms with Crippen LogP contribution in [-0.2, 0) is 0 Å². The van der Waals surface area contributed by atoms with Gasteiger partial charge in [0.1, 0.15) is 12.1 Å². The Morgan fingerprint density at radius 1 is 1.11 bits per heavy atom. The largest absolute Gasteiger partial charge is 0.448 e. The second-order valence-corrected chi connectivity index (χ2v) is 7.53. The molecule has 3 aromatic rings. The quantitative estimate of drug-likeness (QED) is 0.685. The molecule has 0 bridgehead atoms. The van der Waals surface area contributed by atoms with E-state index in [0.29, 0.717) is 24.7 Å². The van der Waals surface area contributed by atoms with Crippen molar-refractivity contribution in [3.63, 3.8) is 0 Å². The van der Waals surface area contributed by atoms with Crippen molar-refractivity contribution in [2.24, 2.45) is 0 Å². The van der Waals surface area contributed by atoms with Gasteiger partial charge in [-0.3, -0.25) is 4.79 Å². The summed E-state index contributed by atoms with van der Waals surface area (Å²) >= 11 is 0. The second-order valence-electron chi connectivity index (χ2n) is 7.53. The number of fused-ring (bicyclic) bond motifs is 1. The number of piperidine rings is 1. The minimum absolute atomic E-state index is 0.0733. The van der Waals surface area contributed by atoms with Crippen molar-refractivity contribution in [3.05, 3.63) is 35.8 Å². The van der Waals surface area contributed by atoms with E-state index in [2.05, 4.69) is 20.1 Å². The van der Waals surface area contributed by atoms with Gasteiger partial charge in [0, 0.05) is 39.0 Å². The molecule has 2 aliphatic rings. The van der Waals surface area contributed by atoms with Crippen LogP contribution in [0.4, 0.5) is 5.82 Å². The first-order chi connectivity index (χ1) is 13.7. The van der Waals surface area contributed by atoms with E-state index in [-0.39, 0.29) is 11.8 Å². The highest BCUT2D eigenvalue weighted by atomic mass is 16.3. The number of nitrogens with zero attached hydrogens (tertiary/aromatic N) is 7. The first-order valence-corrected chi connectivity index (χ1v) is 9.88. The van der Waals surface area contributed by atoms with Gasteiger partial charge in [-0.25, -0.2) is 4.98 Å². The highest BCUT2D eigenvalue weighted by Crippen LogP contribution is 2.28. The Morgan fingerprint density at radius 3 is 2.61 bits per heavy atom. The van der Waals surface area contributed by atoms with Crippen LogP contribution in [0.2, 0.25) is 0 Å². The van der Waals surface area contributed by atoms with Crippen LogP contribution in [0.5, 0.6) is 0 Å². The molecule has 0 unspecified atom stereocenters. The minimum atomic E-state index is -0.0733. The van der Waals surface area contributed by atoms with Crippen molar-refractivity contribution in [1.29, 1.82) is 0 Å². The standard InChI is InChI=1S/C19H23N7O2/c1-13-20-15(12-28-13)19(27)25-10-6-14(7-11-25)18-22-21-16-4-5-17(23-26(16)18)24-8-2-3-9-24/h4-5,12,14H,2-3,6-11H2,1H3. The molecule has 0 aliphatic carbocycles. The van der Waals surface area contributed by atoms with E-state index >= 15 is 0 Å². The Hall–Kier alpha value is -2.97. The number of oxazole rings is 1. The summed E-state index contributed by atoms with van der Waals surface area (Å²) < 4.78 is 7.05. The lowest BCUT2D eigenvalue weighted by molar-refractivity contribution is 0.0704. The third-order valence-corrected chi connectivity index (χ3v) is 5.69. The first kappa shape index (κ1) is 17.2. The molecule has 0 saturated carbocycles. The number of anilines is 1. The van der Waals surface area contributed by atoms with Crippen LogP contribution in [0, 0.1) is 6.92 Å². The third-order valence-electron chi connectivity index (χ3n) is 5.69. The highest BCUT2D eigenvalue weighted by Gasteiger charge is 2.29. The summed E-state index contributed by atoms with van der Waals surface area (Å²) in [4.78, 5) is 20.9. The molecule has 5 heterocycles. The second kappa shape index (κ2) is 6.88. The van der Waals surface area contributed by atoms with Crippen molar-refractivity contribution >= 4 is 17.4 Å². The minimum Gasteiger partial charge on any atom is -0.448 e. The van der Waals surface area contributed by atoms with Gasteiger partial charge in [-0.2, -0.15) is 4.52 Å². The lowest BCUT2D eigenvalue weighted by atomic mass is 9.96. The lowest BCUT2D eigenvalue weighted by Crippen LogP contribution is -2.38. The molecule has 2 saturated heterocycles. The number of aromatic nitrogens is 5. The van der Waals surface area contributed by atoms with Gasteiger partial charge in [0.15, 0.2) is 23.1 Å². The number of amides is 1. The van der Waals surface area contributed by atoms with E-state index in [1.165, 1.54) is 19.1 Å². The fourth-order valence-electron chi connectivity index (χ4n) is 4.13. The Balaban J connectivity index is 1.32. The average Bonchev–Trinajstić information content (AvgIpc) is 3.47. The Labute approximate surface area is 162 Å². The van der Waals surface area contributed by atoms with Gasteiger partial charge < -0.3 is 14.2 Å². The van der Waals surface area contributed by atoms with Gasteiger partial charge >= 0.3 is 0 Å². The lowest BCUT2D eigenvalue weighted by Gasteiger charge is -2.30. The zero-order valence-electron chi connectivity index (χ0n) is 15.9. The SMILES string of the molecule is Cc1nc(C(=O)N2CCC(c3nnc4ccc(N5CCCC5)nn34)CC2)co1. The molecule has 0 radical (unpaired) electrons. The van der Waals surface area contributed by atoms with Crippen LogP contribution in [0.25, 0.3) is 5.65 Å². The van der Waals surface area contributed by atoms with Crippen LogP contribution < -0.4 is 4.90 Å². The number of carbonyl (C=O) groups is 1. The monoisotopic (exact) mass is 381 g/mol.